The number of hydrogen-bond donors (Lipinski definition) is 0. The Hall–Kier alpha value is -5.28. The van der Waals surface area contributed by atoms with Crippen LogP contribution in [-0.2, 0) is 21.7 Å². The fourth-order valence-electron chi connectivity index (χ4n) is 8.54. The van der Waals surface area contributed by atoms with Gasteiger partial charge in [-0.1, -0.05) is 119 Å². The van der Waals surface area contributed by atoms with Crippen molar-refractivity contribution in [3.63, 3.8) is 0 Å². The summed E-state index contributed by atoms with van der Waals surface area (Å²) in [6.45, 7) is 27.5. The van der Waals surface area contributed by atoms with Crippen molar-refractivity contribution >= 4 is 65.6 Å². The number of aromatic nitrogens is 2. The van der Waals surface area contributed by atoms with E-state index in [0.717, 1.165) is 33.3 Å². The molecule has 9 rings (SSSR count). The maximum Gasteiger partial charge on any atom is 0.159 e. The molecule has 0 radical (unpaired) electrons. The standard InChI is InChI=1S/C52H54N2O/c1-49(2,3)31-16-22-42-38(26-31)39-27-32(50(4,5)6)17-23-43(39)53(42)35-20-21-36-37-14-13-15-46(48(37)55-47(36)30-35)54-44-24-18-33(51(7,8)9)28-40(44)41-29-34(52(10,11)12)19-25-45(41)54/h13-30H,1-12H3. The van der Waals surface area contributed by atoms with Crippen molar-refractivity contribution in [2.75, 3.05) is 0 Å². The van der Waals surface area contributed by atoms with Crippen molar-refractivity contribution in [1.29, 1.82) is 0 Å². The predicted octanol–water partition coefficient (Wildman–Crippen LogP) is 15.0. The first-order valence-electron chi connectivity index (χ1n) is 19.9. The van der Waals surface area contributed by atoms with Crippen molar-refractivity contribution < 1.29 is 4.42 Å². The summed E-state index contributed by atoms with van der Waals surface area (Å²) < 4.78 is 11.9. The van der Waals surface area contributed by atoms with E-state index in [1.54, 1.807) is 0 Å². The van der Waals surface area contributed by atoms with Crippen LogP contribution in [-0.4, -0.2) is 9.13 Å². The minimum Gasteiger partial charge on any atom is -0.454 e. The zero-order valence-electron chi connectivity index (χ0n) is 34.7. The van der Waals surface area contributed by atoms with Crippen molar-refractivity contribution in [3.05, 3.63) is 131 Å². The van der Waals surface area contributed by atoms with E-state index in [0.29, 0.717) is 0 Å². The smallest absolute Gasteiger partial charge is 0.159 e. The van der Waals surface area contributed by atoms with E-state index in [1.807, 2.05) is 0 Å². The van der Waals surface area contributed by atoms with Crippen molar-refractivity contribution in [2.24, 2.45) is 0 Å². The molecule has 6 aromatic carbocycles. The first-order valence-corrected chi connectivity index (χ1v) is 19.9. The Kier molecular flexibility index (Phi) is 7.48. The van der Waals surface area contributed by atoms with Crippen LogP contribution in [0, 0.1) is 0 Å². The van der Waals surface area contributed by atoms with E-state index in [4.69, 9.17) is 4.42 Å². The Bertz CT molecular complexity index is 2860. The van der Waals surface area contributed by atoms with E-state index in [9.17, 15) is 0 Å². The van der Waals surface area contributed by atoms with Gasteiger partial charge in [0, 0.05) is 44.1 Å². The molecule has 0 unspecified atom stereocenters. The van der Waals surface area contributed by atoms with Gasteiger partial charge in [-0.05, 0) is 111 Å². The van der Waals surface area contributed by atoms with Gasteiger partial charge < -0.3 is 13.6 Å². The van der Waals surface area contributed by atoms with Gasteiger partial charge in [0.2, 0.25) is 0 Å². The van der Waals surface area contributed by atoms with Crippen LogP contribution in [0.4, 0.5) is 0 Å². The van der Waals surface area contributed by atoms with Crippen LogP contribution in [0.2, 0.25) is 0 Å². The topological polar surface area (TPSA) is 23.0 Å². The molecule has 3 aromatic heterocycles. The highest BCUT2D eigenvalue weighted by Crippen LogP contribution is 2.42. The summed E-state index contributed by atoms with van der Waals surface area (Å²) in [5, 5.41) is 7.38. The minimum atomic E-state index is 0.0425. The van der Waals surface area contributed by atoms with Gasteiger partial charge >= 0.3 is 0 Å². The second kappa shape index (κ2) is 11.6. The summed E-state index contributed by atoms with van der Waals surface area (Å²) in [4.78, 5) is 0. The fraction of sp³-hybridized carbons (Fsp3) is 0.308. The highest BCUT2D eigenvalue weighted by Gasteiger charge is 2.24. The third kappa shape index (κ3) is 5.61. The average molecular weight is 723 g/mol. The maximum atomic E-state index is 7.02. The van der Waals surface area contributed by atoms with Crippen LogP contribution in [0.15, 0.2) is 114 Å². The molecule has 0 aliphatic rings. The molecule has 0 saturated heterocycles. The van der Waals surface area contributed by atoms with E-state index >= 15 is 0 Å². The maximum absolute atomic E-state index is 7.02. The van der Waals surface area contributed by atoms with Crippen LogP contribution in [0.25, 0.3) is 76.9 Å². The summed E-state index contributed by atoms with van der Waals surface area (Å²) in [5.41, 5.74) is 14.3. The molecule has 278 valence electrons. The van der Waals surface area contributed by atoms with Gasteiger partial charge in [-0.25, -0.2) is 0 Å². The molecule has 0 fully saturated rings. The third-order valence-corrected chi connectivity index (χ3v) is 12.0. The summed E-state index contributed by atoms with van der Waals surface area (Å²) in [7, 11) is 0. The number of hydrogen-bond acceptors (Lipinski definition) is 1. The van der Waals surface area contributed by atoms with Gasteiger partial charge in [0.25, 0.3) is 0 Å². The number of nitrogens with zero attached hydrogens (tertiary/aromatic N) is 2. The minimum absolute atomic E-state index is 0.0425. The van der Waals surface area contributed by atoms with Gasteiger partial charge in [0.1, 0.15) is 5.58 Å². The molecule has 0 N–H and O–H groups in total. The average Bonchev–Trinajstić information content (AvgIpc) is 3.76. The molecule has 9 aromatic rings. The van der Waals surface area contributed by atoms with E-state index in [2.05, 4.69) is 201 Å². The number of benzene rings is 6. The SMILES string of the molecule is CC(C)(C)c1ccc2c(c1)c1cc(C(C)(C)C)ccc1n2-c1ccc2c(c1)oc1c(-n3c4ccc(C(C)(C)C)cc4c4cc(C(C)(C)C)ccc43)cccc12. The lowest BCUT2D eigenvalue weighted by atomic mass is 9.85. The Labute approximate surface area is 325 Å². The number of furan rings is 1. The first kappa shape index (κ1) is 35.4. The second-order valence-electron chi connectivity index (χ2n) is 20.0. The molecule has 0 aliphatic heterocycles. The Morgan fingerprint density at radius 1 is 0.364 bits per heavy atom. The summed E-state index contributed by atoms with van der Waals surface area (Å²) in [6.07, 6.45) is 0. The Morgan fingerprint density at radius 2 is 0.764 bits per heavy atom. The Balaban J connectivity index is 1.28. The van der Waals surface area contributed by atoms with E-state index in [-0.39, 0.29) is 21.7 Å². The molecule has 3 nitrogen and oxygen atoms in total. The quantitative estimate of drug-likeness (QED) is 0.174. The lowest BCUT2D eigenvalue weighted by Gasteiger charge is -2.19. The lowest BCUT2D eigenvalue weighted by molar-refractivity contribution is 0.590. The van der Waals surface area contributed by atoms with Crippen LogP contribution in [0.1, 0.15) is 105 Å². The van der Waals surface area contributed by atoms with Gasteiger partial charge in [-0.2, -0.15) is 0 Å². The summed E-state index contributed by atoms with van der Waals surface area (Å²) >= 11 is 0. The monoisotopic (exact) mass is 722 g/mol. The number of rotatable bonds is 2. The van der Waals surface area contributed by atoms with Crippen molar-refractivity contribution in [2.45, 2.75) is 105 Å². The Morgan fingerprint density at radius 3 is 1.16 bits per heavy atom. The fourth-order valence-corrected chi connectivity index (χ4v) is 8.54. The van der Waals surface area contributed by atoms with Crippen LogP contribution >= 0.6 is 0 Å². The summed E-state index contributed by atoms with van der Waals surface area (Å²) in [6, 6.07) is 41.4. The van der Waals surface area contributed by atoms with Crippen molar-refractivity contribution in [1.82, 2.24) is 9.13 Å². The molecule has 0 spiro atoms. The highest BCUT2D eigenvalue weighted by molar-refractivity contribution is 6.14. The number of para-hydroxylation sites is 1. The molecule has 0 amide bonds. The normalized spacial score (nSPS) is 13.5. The molecule has 3 heteroatoms. The molecule has 55 heavy (non-hydrogen) atoms. The molecule has 0 aliphatic carbocycles. The van der Waals surface area contributed by atoms with Crippen LogP contribution < -0.4 is 0 Å². The van der Waals surface area contributed by atoms with Crippen LogP contribution in [0.3, 0.4) is 0 Å². The molecular formula is C52H54N2O. The molecule has 0 saturated carbocycles. The molecule has 0 bridgehead atoms. The predicted molar refractivity (Wildman–Crippen MR) is 237 cm³/mol. The van der Waals surface area contributed by atoms with Gasteiger partial charge in [-0.3, -0.25) is 0 Å². The summed E-state index contributed by atoms with van der Waals surface area (Å²) in [5.74, 6) is 0. The van der Waals surface area contributed by atoms with Gasteiger partial charge in [-0.15, -0.1) is 0 Å². The van der Waals surface area contributed by atoms with Gasteiger partial charge in [0.05, 0.1) is 27.8 Å². The third-order valence-electron chi connectivity index (χ3n) is 12.0. The molecular weight excluding hydrogens is 669 g/mol. The van der Waals surface area contributed by atoms with Crippen molar-refractivity contribution in [3.8, 4) is 11.4 Å². The lowest BCUT2D eigenvalue weighted by Crippen LogP contribution is -2.10. The first-order chi connectivity index (χ1) is 25.8. The zero-order valence-corrected chi connectivity index (χ0v) is 34.7. The number of fused-ring (bicyclic) bond motifs is 9. The van der Waals surface area contributed by atoms with Gasteiger partial charge in [0.15, 0.2) is 5.58 Å². The van der Waals surface area contributed by atoms with Crippen LogP contribution in [0.5, 0.6) is 0 Å². The molecule has 0 atom stereocenters. The second-order valence-corrected chi connectivity index (χ2v) is 20.0. The zero-order chi connectivity index (χ0) is 39.0. The highest BCUT2D eigenvalue weighted by atomic mass is 16.3. The molecule has 3 heterocycles. The van der Waals surface area contributed by atoms with E-state index in [1.165, 1.54) is 65.9 Å². The largest absolute Gasteiger partial charge is 0.454 e. The van der Waals surface area contributed by atoms with E-state index < -0.39 is 0 Å².